The molecule has 28 heavy (non-hydrogen) atoms. The van der Waals surface area contributed by atoms with Crippen LogP contribution in [0.3, 0.4) is 0 Å². The molecular weight excluding hydrogens is 374 g/mol. The van der Waals surface area contributed by atoms with Gasteiger partial charge in [-0.05, 0) is 40.8 Å². The van der Waals surface area contributed by atoms with Crippen LogP contribution in [0, 0.1) is 5.92 Å². The molecule has 1 radical (unpaired) electrons. The Balaban J connectivity index is 2.00. The number of nitrogens with one attached hydrogen (secondary N) is 1. The third-order valence-corrected chi connectivity index (χ3v) is 5.53. The molecule has 0 aliphatic carbocycles. The summed E-state index contributed by atoms with van der Waals surface area (Å²) in [5, 5.41) is 4.86. The first-order valence-corrected chi connectivity index (χ1v) is 9.63. The molecule has 0 fully saturated rings. The van der Waals surface area contributed by atoms with Crippen molar-refractivity contribution < 1.29 is 14.4 Å². The Morgan fingerprint density at radius 1 is 0.964 bits per heavy atom. The Labute approximate surface area is 166 Å². The molecule has 1 atom stereocenters. The lowest BCUT2D eigenvalue weighted by Crippen LogP contribution is -2.44. The number of rotatable bonds is 7. The van der Waals surface area contributed by atoms with E-state index < -0.39 is 23.8 Å². The Bertz CT molecular complexity index is 1000. The van der Waals surface area contributed by atoms with E-state index in [1.807, 2.05) is 65.3 Å². The average Bonchev–Trinajstić information content (AvgIpc) is 3.08. The summed E-state index contributed by atoms with van der Waals surface area (Å²) in [5.74, 6) is -2.45. The van der Waals surface area contributed by atoms with Gasteiger partial charge in [0.2, 0.25) is 11.8 Å². The molecule has 0 saturated heterocycles. The number of thiophene rings is 1. The summed E-state index contributed by atoms with van der Waals surface area (Å²) in [5.41, 5.74) is 12.5. The quantitative estimate of drug-likeness (QED) is 0.535. The number of benzene rings is 2. The average molecular weight is 394 g/mol. The number of hydrogen-bond donors (Lipinski definition) is 3. The molecule has 1 aromatic heterocycles. The van der Waals surface area contributed by atoms with Crippen molar-refractivity contribution in [3.8, 4) is 0 Å². The summed E-state index contributed by atoms with van der Waals surface area (Å²) in [7, 11) is 0. The van der Waals surface area contributed by atoms with Gasteiger partial charge in [-0.25, -0.2) is 4.79 Å². The van der Waals surface area contributed by atoms with Gasteiger partial charge < -0.3 is 11.5 Å². The van der Waals surface area contributed by atoms with E-state index >= 15 is 0 Å². The summed E-state index contributed by atoms with van der Waals surface area (Å²) >= 11 is 1.53. The van der Waals surface area contributed by atoms with Gasteiger partial charge in [0.05, 0.1) is 0 Å². The van der Waals surface area contributed by atoms with Gasteiger partial charge in [0, 0.05) is 10.6 Å². The van der Waals surface area contributed by atoms with Gasteiger partial charge in [-0.1, -0.05) is 48.5 Å². The Morgan fingerprint density at radius 3 is 2.32 bits per heavy atom. The highest BCUT2D eigenvalue weighted by Gasteiger charge is 2.37. The largest absolute Gasteiger partial charge is 0.369 e. The number of imide groups is 1. The molecule has 0 aliphatic heterocycles. The summed E-state index contributed by atoms with van der Waals surface area (Å²) in [6.45, 7) is 0. The van der Waals surface area contributed by atoms with Gasteiger partial charge in [-0.3, -0.25) is 14.9 Å². The van der Waals surface area contributed by atoms with Crippen LogP contribution in [0.4, 0.5) is 4.79 Å². The number of urea groups is 1. The van der Waals surface area contributed by atoms with Crippen LogP contribution in [0.15, 0.2) is 60.0 Å². The molecule has 5 N–H and O–H groups in total. The minimum atomic E-state index is -1.03. The van der Waals surface area contributed by atoms with Gasteiger partial charge >= 0.3 is 6.03 Å². The maximum Gasteiger partial charge on any atom is 0.318 e. The highest BCUT2D eigenvalue weighted by Crippen LogP contribution is 2.39. The Hall–Kier alpha value is -3.19. The van der Waals surface area contributed by atoms with Gasteiger partial charge in [0.25, 0.3) is 0 Å². The number of aryl methyl sites for hydroxylation is 1. The lowest BCUT2D eigenvalue weighted by atomic mass is 9.80. The predicted molar refractivity (Wildman–Crippen MR) is 109 cm³/mol. The summed E-state index contributed by atoms with van der Waals surface area (Å²) in [6.07, 6.45) is 1.12. The normalized spacial score (nSPS) is 12.0. The first kappa shape index (κ1) is 19.6. The summed E-state index contributed by atoms with van der Waals surface area (Å²) in [6, 6.07) is 16.5. The second-order valence-electron chi connectivity index (χ2n) is 6.36. The van der Waals surface area contributed by atoms with E-state index in [4.69, 9.17) is 11.5 Å². The highest BCUT2D eigenvalue weighted by atomic mass is 32.1. The molecule has 3 rings (SSSR count). The van der Waals surface area contributed by atoms with Crippen LogP contribution < -0.4 is 16.8 Å². The Kier molecular flexibility index (Phi) is 6.06. The molecule has 3 aromatic rings. The molecule has 7 heteroatoms. The maximum absolute atomic E-state index is 12.5. The number of nitrogens with two attached hydrogens (primary N) is 2. The van der Waals surface area contributed by atoms with Crippen LogP contribution >= 0.6 is 11.3 Å². The first-order valence-electron chi connectivity index (χ1n) is 8.75. The zero-order valence-corrected chi connectivity index (χ0v) is 15.9. The monoisotopic (exact) mass is 394 g/mol. The minimum absolute atomic E-state index is 0.168. The zero-order chi connectivity index (χ0) is 20.1. The van der Waals surface area contributed by atoms with Crippen molar-refractivity contribution in [1.29, 1.82) is 0 Å². The van der Waals surface area contributed by atoms with E-state index in [0.717, 1.165) is 21.2 Å². The van der Waals surface area contributed by atoms with Crippen LogP contribution in [0.25, 0.3) is 10.1 Å². The SMILES string of the molecule is NC(=O)NC(=O)[C](C(N)=O)C(CCc1ccccc1)c1csc2ccccc12. The van der Waals surface area contributed by atoms with E-state index in [0.29, 0.717) is 12.8 Å². The topological polar surface area (TPSA) is 115 Å². The molecule has 1 heterocycles. The van der Waals surface area contributed by atoms with E-state index in [1.165, 1.54) is 11.3 Å². The van der Waals surface area contributed by atoms with Crippen molar-refractivity contribution in [2.45, 2.75) is 18.8 Å². The fourth-order valence-electron chi connectivity index (χ4n) is 3.30. The number of carbonyl (C=O) groups excluding carboxylic acids is 3. The fraction of sp³-hybridized carbons (Fsp3) is 0.143. The predicted octanol–water partition coefficient (Wildman–Crippen LogP) is 2.87. The minimum Gasteiger partial charge on any atom is -0.369 e. The number of hydrogen-bond acceptors (Lipinski definition) is 4. The van der Waals surface area contributed by atoms with Gasteiger partial charge in [0.1, 0.15) is 0 Å². The first-order chi connectivity index (χ1) is 13.5. The van der Waals surface area contributed by atoms with Crippen molar-refractivity contribution in [3.63, 3.8) is 0 Å². The van der Waals surface area contributed by atoms with E-state index in [9.17, 15) is 14.4 Å². The third-order valence-electron chi connectivity index (χ3n) is 4.55. The number of primary amides is 2. The molecule has 0 bridgehead atoms. The van der Waals surface area contributed by atoms with Crippen LogP contribution in [-0.4, -0.2) is 17.8 Å². The molecule has 4 amide bonds. The van der Waals surface area contributed by atoms with E-state index in [2.05, 4.69) is 0 Å². The summed E-state index contributed by atoms with van der Waals surface area (Å²) < 4.78 is 1.04. The number of carbonyl (C=O) groups is 3. The standard InChI is InChI=1S/C21H20N3O3S/c22-19(25)18(20(26)24-21(23)27)15(11-10-13-6-2-1-3-7-13)16-12-28-17-9-5-4-8-14(16)17/h1-9,12,15H,10-11H2,(H2,22,25)(H3,23,24,26,27). The van der Waals surface area contributed by atoms with Gasteiger partial charge in [-0.15, -0.1) is 11.3 Å². The highest BCUT2D eigenvalue weighted by molar-refractivity contribution is 7.17. The molecule has 0 spiro atoms. The molecule has 143 valence electrons. The molecule has 6 nitrogen and oxygen atoms in total. The Morgan fingerprint density at radius 2 is 1.64 bits per heavy atom. The molecule has 2 aromatic carbocycles. The van der Waals surface area contributed by atoms with Gasteiger partial charge in [0.15, 0.2) is 5.92 Å². The second kappa shape index (κ2) is 8.67. The fourth-order valence-corrected chi connectivity index (χ4v) is 4.32. The van der Waals surface area contributed by atoms with Crippen molar-refractivity contribution in [3.05, 3.63) is 77.0 Å². The van der Waals surface area contributed by atoms with Crippen LogP contribution in [-0.2, 0) is 16.0 Å². The van der Waals surface area contributed by atoms with Crippen molar-refractivity contribution in [1.82, 2.24) is 5.32 Å². The van der Waals surface area contributed by atoms with E-state index in [-0.39, 0.29) is 5.92 Å². The van der Waals surface area contributed by atoms with Crippen molar-refractivity contribution in [2.75, 3.05) is 0 Å². The molecule has 1 unspecified atom stereocenters. The van der Waals surface area contributed by atoms with Crippen LogP contribution in [0.5, 0.6) is 0 Å². The van der Waals surface area contributed by atoms with E-state index in [1.54, 1.807) is 0 Å². The maximum atomic E-state index is 12.5. The molecular formula is C21H20N3O3S. The smallest absolute Gasteiger partial charge is 0.318 e. The molecule has 0 saturated carbocycles. The van der Waals surface area contributed by atoms with Crippen LogP contribution in [0.2, 0.25) is 0 Å². The van der Waals surface area contributed by atoms with Gasteiger partial charge in [-0.2, -0.15) is 0 Å². The molecule has 0 aliphatic rings. The number of amides is 4. The lowest BCUT2D eigenvalue weighted by molar-refractivity contribution is -0.125. The summed E-state index contributed by atoms with van der Waals surface area (Å²) in [4.78, 5) is 35.9. The lowest BCUT2D eigenvalue weighted by Gasteiger charge is -2.23. The zero-order valence-electron chi connectivity index (χ0n) is 15.1. The third kappa shape index (κ3) is 4.37. The van der Waals surface area contributed by atoms with Crippen molar-refractivity contribution in [2.24, 2.45) is 11.5 Å². The number of fused-ring (bicyclic) bond motifs is 1. The van der Waals surface area contributed by atoms with Crippen molar-refractivity contribution >= 4 is 39.3 Å². The second-order valence-corrected chi connectivity index (χ2v) is 7.27. The van der Waals surface area contributed by atoms with Crippen LogP contribution in [0.1, 0.15) is 23.5 Å².